The van der Waals surface area contributed by atoms with Crippen LogP contribution >= 0.6 is 0 Å². The van der Waals surface area contributed by atoms with E-state index in [2.05, 4.69) is 35.3 Å². The van der Waals surface area contributed by atoms with E-state index in [1.54, 1.807) is 0 Å². The van der Waals surface area contributed by atoms with Crippen LogP contribution in [0.4, 0.5) is 10.5 Å². The van der Waals surface area contributed by atoms with Gasteiger partial charge in [-0.3, -0.25) is 0 Å². The molecule has 1 saturated heterocycles. The Labute approximate surface area is 120 Å². The van der Waals surface area contributed by atoms with Gasteiger partial charge in [0.15, 0.2) is 0 Å². The monoisotopic (exact) mass is 273 g/mol. The van der Waals surface area contributed by atoms with E-state index in [1.165, 1.54) is 29.7 Å². The fraction of sp³-hybridized carbons (Fsp3) is 0.562. The van der Waals surface area contributed by atoms with Crippen LogP contribution in [0.1, 0.15) is 43.4 Å². The number of nitrogens with one attached hydrogen (secondary N) is 1. The Morgan fingerprint density at radius 3 is 3.00 bits per heavy atom. The zero-order chi connectivity index (χ0) is 14.1. The molecule has 20 heavy (non-hydrogen) atoms. The van der Waals surface area contributed by atoms with Crippen molar-refractivity contribution in [3.63, 3.8) is 0 Å². The fourth-order valence-electron chi connectivity index (χ4n) is 3.66. The molecule has 1 heterocycles. The van der Waals surface area contributed by atoms with Crippen molar-refractivity contribution >= 4 is 11.7 Å². The summed E-state index contributed by atoms with van der Waals surface area (Å²) in [7, 11) is 0. The molecule has 1 aliphatic carbocycles. The summed E-state index contributed by atoms with van der Waals surface area (Å²) >= 11 is 0. The smallest absolute Gasteiger partial charge is 0.312 e. The van der Waals surface area contributed by atoms with Crippen LogP contribution in [-0.2, 0) is 6.42 Å². The molecule has 3 N–H and O–H groups in total. The summed E-state index contributed by atoms with van der Waals surface area (Å²) in [4.78, 5) is 13.6. The molecular formula is C16H23N3O. The molecular weight excluding hydrogens is 250 g/mol. The second kappa shape index (κ2) is 5.35. The van der Waals surface area contributed by atoms with Gasteiger partial charge >= 0.3 is 6.03 Å². The Balaban J connectivity index is 1.87. The number of hydrogen-bond donors (Lipinski definition) is 2. The molecule has 1 fully saturated rings. The number of primary amides is 1. The van der Waals surface area contributed by atoms with Gasteiger partial charge in [-0.2, -0.15) is 0 Å². The van der Waals surface area contributed by atoms with Crippen LogP contribution in [-0.4, -0.2) is 19.1 Å². The number of benzene rings is 1. The van der Waals surface area contributed by atoms with E-state index in [0.717, 1.165) is 31.8 Å². The Kier molecular flexibility index (Phi) is 3.55. The van der Waals surface area contributed by atoms with Gasteiger partial charge < -0.3 is 16.0 Å². The van der Waals surface area contributed by atoms with Crippen molar-refractivity contribution in [3.8, 4) is 0 Å². The summed E-state index contributed by atoms with van der Waals surface area (Å²) in [6.45, 7) is 4.62. The molecule has 2 amide bonds. The zero-order valence-electron chi connectivity index (χ0n) is 12.1. The molecule has 1 aromatic rings. The summed E-state index contributed by atoms with van der Waals surface area (Å²) in [5, 5.41) is 2.86. The third-order valence-corrected chi connectivity index (χ3v) is 4.56. The van der Waals surface area contributed by atoms with E-state index >= 15 is 0 Å². The highest BCUT2D eigenvalue weighted by molar-refractivity contribution is 5.73. The minimum atomic E-state index is -0.431. The van der Waals surface area contributed by atoms with Crippen LogP contribution in [0.25, 0.3) is 0 Å². The lowest BCUT2D eigenvalue weighted by molar-refractivity contribution is 0.245. The van der Waals surface area contributed by atoms with E-state index in [9.17, 15) is 4.79 Å². The molecule has 4 heteroatoms. The minimum Gasteiger partial charge on any atom is -0.371 e. The molecule has 0 spiro atoms. The van der Waals surface area contributed by atoms with Crippen molar-refractivity contribution in [2.75, 3.05) is 18.0 Å². The lowest BCUT2D eigenvalue weighted by Crippen LogP contribution is -2.35. The van der Waals surface area contributed by atoms with Gasteiger partial charge in [0.25, 0.3) is 0 Å². The summed E-state index contributed by atoms with van der Waals surface area (Å²) < 4.78 is 0. The van der Waals surface area contributed by atoms with Crippen LogP contribution in [0.15, 0.2) is 18.2 Å². The first-order chi connectivity index (χ1) is 9.65. The maximum atomic E-state index is 11.1. The fourth-order valence-corrected chi connectivity index (χ4v) is 3.66. The van der Waals surface area contributed by atoms with Crippen molar-refractivity contribution in [2.45, 2.75) is 38.6 Å². The molecule has 2 atom stereocenters. The first kappa shape index (κ1) is 13.3. The SMILES string of the molecule is CC1CCCN(c2cccc3c2CCC3NC(N)=O)C1. The number of amides is 2. The number of carbonyl (C=O) groups is 1. The molecule has 1 aliphatic heterocycles. The molecule has 108 valence electrons. The Bertz CT molecular complexity index is 514. The largest absolute Gasteiger partial charge is 0.371 e. The van der Waals surface area contributed by atoms with Crippen molar-refractivity contribution in [2.24, 2.45) is 11.7 Å². The maximum Gasteiger partial charge on any atom is 0.312 e. The Morgan fingerprint density at radius 1 is 1.40 bits per heavy atom. The van der Waals surface area contributed by atoms with E-state index in [1.807, 2.05) is 0 Å². The molecule has 0 bridgehead atoms. The average Bonchev–Trinajstić information content (AvgIpc) is 2.81. The van der Waals surface area contributed by atoms with Crippen LogP contribution in [0, 0.1) is 5.92 Å². The number of fused-ring (bicyclic) bond motifs is 1. The second-order valence-electron chi connectivity index (χ2n) is 6.14. The van der Waals surface area contributed by atoms with Gasteiger partial charge in [-0.05, 0) is 48.8 Å². The summed E-state index contributed by atoms with van der Waals surface area (Å²) in [6.07, 6.45) is 4.59. The van der Waals surface area contributed by atoms with Crippen LogP contribution in [0.3, 0.4) is 0 Å². The summed E-state index contributed by atoms with van der Waals surface area (Å²) in [6, 6.07) is 6.11. The Hall–Kier alpha value is -1.71. The molecule has 0 radical (unpaired) electrons. The van der Waals surface area contributed by atoms with Crippen molar-refractivity contribution in [1.29, 1.82) is 0 Å². The highest BCUT2D eigenvalue weighted by Crippen LogP contribution is 2.38. The second-order valence-corrected chi connectivity index (χ2v) is 6.14. The Morgan fingerprint density at radius 2 is 2.25 bits per heavy atom. The predicted octanol–water partition coefficient (Wildman–Crippen LogP) is 2.58. The summed E-state index contributed by atoms with van der Waals surface area (Å²) in [5.41, 5.74) is 9.28. The van der Waals surface area contributed by atoms with Crippen LogP contribution < -0.4 is 16.0 Å². The van der Waals surface area contributed by atoms with Crippen molar-refractivity contribution in [1.82, 2.24) is 5.32 Å². The number of carbonyl (C=O) groups excluding carboxylic acids is 1. The number of hydrogen-bond acceptors (Lipinski definition) is 2. The highest BCUT2D eigenvalue weighted by atomic mass is 16.2. The highest BCUT2D eigenvalue weighted by Gasteiger charge is 2.28. The average molecular weight is 273 g/mol. The normalized spacial score (nSPS) is 25.4. The van der Waals surface area contributed by atoms with E-state index in [0.29, 0.717) is 0 Å². The third-order valence-electron chi connectivity index (χ3n) is 4.56. The lowest BCUT2D eigenvalue weighted by atomic mass is 9.98. The number of anilines is 1. The number of piperidine rings is 1. The van der Waals surface area contributed by atoms with Gasteiger partial charge in [0.1, 0.15) is 0 Å². The molecule has 0 aromatic heterocycles. The van der Waals surface area contributed by atoms with Gasteiger partial charge in [0, 0.05) is 18.8 Å². The number of nitrogens with zero attached hydrogens (tertiary/aromatic N) is 1. The summed E-state index contributed by atoms with van der Waals surface area (Å²) in [5.74, 6) is 0.764. The van der Waals surface area contributed by atoms with Crippen LogP contribution in [0.5, 0.6) is 0 Å². The topological polar surface area (TPSA) is 58.4 Å². The van der Waals surface area contributed by atoms with Gasteiger partial charge in [-0.1, -0.05) is 19.1 Å². The molecule has 2 aliphatic rings. The van der Waals surface area contributed by atoms with E-state index in [4.69, 9.17) is 5.73 Å². The van der Waals surface area contributed by atoms with Crippen LogP contribution in [0.2, 0.25) is 0 Å². The molecule has 2 unspecified atom stereocenters. The van der Waals surface area contributed by atoms with Gasteiger partial charge in [0.05, 0.1) is 6.04 Å². The quantitative estimate of drug-likeness (QED) is 0.870. The first-order valence-corrected chi connectivity index (χ1v) is 7.58. The van der Waals surface area contributed by atoms with E-state index < -0.39 is 6.03 Å². The standard InChI is InChI=1S/C16H23N3O/c1-11-4-3-9-19(10-11)15-6-2-5-12-13(15)7-8-14(12)18-16(17)20/h2,5-6,11,14H,3-4,7-10H2,1H3,(H3,17,18,20). The van der Waals surface area contributed by atoms with Gasteiger partial charge in [-0.25, -0.2) is 4.79 Å². The predicted molar refractivity (Wildman–Crippen MR) is 80.8 cm³/mol. The van der Waals surface area contributed by atoms with Crippen molar-refractivity contribution < 1.29 is 4.79 Å². The van der Waals surface area contributed by atoms with Gasteiger partial charge in [-0.15, -0.1) is 0 Å². The zero-order valence-corrected chi connectivity index (χ0v) is 12.1. The van der Waals surface area contributed by atoms with Crippen molar-refractivity contribution in [3.05, 3.63) is 29.3 Å². The number of nitrogens with two attached hydrogens (primary N) is 1. The maximum absolute atomic E-state index is 11.1. The molecule has 1 aromatic carbocycles. The molecule has 0 saturated carbocycles. The first-order valence-electron chi connectivity index (χ1n) is 7.58. The third kappa shape index (κ3) is 2.47. The number of rotatable bonds is 2. The molecule has 4 nitrogen and oxygen atoms in total. The number of urea groups is 1. The molecule has 3 rings (SSSR count). The van der Waals surface area contributed by atoms with E-state index in [-0.39, 0.29) is 6.04 Å². The lowest BCUT2D eigenvalue weighted by Gasteiger charge is -2.34. The van der Waals surface area contributed by atoms with Gasteiger partial charge in [0.2, 0.25) is 0 Å². The minimum absolute atomic E-state index is 0.0877.